The Morgan fingerprint density at radius 1 is 1.23 bits per heavy atom. The third kappa shape index (κ3) is 4.47. The molecule has 0 fully saturated rings. The molecule has 1 amide bonds. The first-order valence-corrected chi connectivity index (χ1v) is 7.09. The molecule has 0 heterocycles. The van der Waals surface area contributed by atoms with Crippen molar-refractivity contribution in [3.63, 3.8) is 0 Å². The highest BCUT2D eigenvalue weighted by atomic mass is 19.4. The number of halogens is 3. The van der Waals surface area contributed by atoms with Gasteiger partial charge in [-0.2, -0.15) is 13.2 Å². The number of hydrogen-bond donors (Lipinski definition) is 2. The third-order valence-corrected chi connectivity index (χ3v) is 3.61. The maximum absolute atomic E-state index is 12.9. The lowest BCUT2D eigenvalue weighted by Gasteiger charge is -2.33. The average molecular weight is 317 g/mol. The number of benzene rings is 1. The van der Waals surface area contributed by atoms with Crippen molar-refractivity contribution < 1.29 is 23.1 Å². The second kappa shape index (κ2) is 6.69. The molecule has 0 saturated carbocycles. The minimum absolute atomic E-state index is 0.0191. The van der Waals surface area contributed by atoms with Crippen LogP contribution in [0.4, 0.5) is 13.2 Å². The molecule has 6 heteroatoms. The number of aliphatic hydroxyl groups excluding tert-OH is 1. The predicted octanol–water partition coefficient (Wildman–Crippen LogP) is 3.48. The van der Waals surface area contributed by atoms with Crippen molar-refractivity contribution in [1.82, 2.24) is 5.32 Å². The van der Waals surface area contributed by atoms with Gasteiger partial charge in [0.2, 0.25) is 0 Å². The predicted molar refractivity (Wildman–Crippen MR) is 78.4 cm³/mol. The normalized spacial score (nSPS) is 14.0. The van der Waals surface area contributed by atoms with Gasteiger partial charge in [0.25, 0.3) is 5.91 Å². The molecular weight excluding hydrogens is 295 g/mol. The molecule has 0 bridgehead atoms. The zero-order valence-corrected chi connectivity index (χ0v) is 13.2. The van der Waals surface area contributed by atoms with Crippen LogP contribution in [0.5, 0.6) is 0 Å². The summed E-state index contributed by atoms with van der Waals surface area (Å²) in [7, 11) is 0. The summed E-state index contributed by atoms with van der Waals surface area (Å²) in [5.41, 5.74) is -2.02. The van der Waals surface area contributed by atoms with E-state index in [-0.39, 0.29) is 12.5 Å². The Balaban J connectivity index is 2.88. The zero-order valence-electron chi connectivity index (χ0n) is 13.2. The van der Waals surface area contributed by atoms with Crippen LogP contribution in [0.1, 0.15) is 43.6 Å². The highest BCUT2D eigenvalue weighted by molar-refractivity contribution is 5.95. The van der Waals surface area contributed by atoms with Gasteiger partial charge in [0.1, 0.15) is 0 Å². The first-order chi connectivity index (χ1) is 9.97. The molecule has 0 aliphatic heterocycles. The maximum atomic E-state index is 12.9. The van der Waals surface area contributed by atoms with E-state index >= 15 is 0 Å². The fraction of sp³-hybridized carbons (Fsp3) is 0.562. The smallest absolute Gasteiger partial charge is 0.392 e. The van der Waals surface area contributed by atoms with Gasteiger partial charge in [-0.05, 0) is 18.1 Å². The fourth-order valence-corrected chi connectivity index (χ4v) is 2.34. The summed E-state index contributed by atoms with van der Waals surface area (Å²) < 4.78 is 38.7. The summed E-state index contributed by atoms with van der Waals surface area (Å²) in [5, 5.41) is 12.6. The number of carbonyl (C=O) groups excluding carboxylic acids is 1. The highest BCUT2D eigenvalue weighted by Gasteiger charge is 2.36. The van der Waals surface area contributed by atoms with E-state index in [2.05, 4.69) is 5.32 Å². The molecule has 124 valence electrons. The maximum Gasteiger partial charge on any atom is 0.417 e. The quantitative estimate of drug-likeness (QED) is 0.873. The first-order valence-electron chi connectivity index (χ1n) is 7.09. The molecule has 2 N–H and O–H groups in total. The number of carbonyl (C=O) groups is 1. The molecule has 0 saturated heterocycles. The largest absolute Gasteiger partial charge is 0.417 e. The van der Waals surface area contributed by atoms with E-state index in [0.29, 0.717) is 0 Å². The van der Waals surface area contributed by atoms with Gasteiger partial charge in [-0.1, -0.05) is 39.8 Å². The summed E-state index contributed by atoms with van der Waals surface area (Å²) in [5.74, 6) is -0.814. The van der Waals surface area contributed by atoms with Crippen LogP contribution < -0.4 is 5.32 Å². The number of alkyl halides is 3. The molecule has 1 aromatic carbocycles. The SMILES string of the molecule is CC(C)C(O)C(C)(C)CNC(=O)c1ccccc1C(F)(F)F. The van der Waals surface area contributed by atoms with Crippen LogP contribution in [0.3, 0.4) is 0 Å². The second-order valence-electron chi connectivity index (χ2n) is 6.40. The molecule has 1 aromatic rings. The molecule has 1 rings (SSSR count). The van der Waals surface area contributed by atoms with Gasteiger partial charge in [-0.25, -0.2) is 0 Å². The van der Waals surface area contributed by atoms with Crippen molar-refractivity contribution in [2.24, 2.45) is 11.3 Å². The molecule has 0 aliphatic carbocycles. The lowest BCUT2D eigenvalue weighted by Crippen LogP contribution is -2.43. The van der Waals surface area contributed by atoms with Gasteiger partial charge in [0.05, 0.1) is 17.2 Å². The van der Waals surface area contributed by atoms with E-state index in [1.165, 1.54) is 12.1 Å². The molecule has 3 nitrogen and oxygen atoms in total. The molecule has 1 atom stereocenters. The standard InChI is InChI=1S/C16H22F3NO2/c1-10(2)13(21)15(3,4)9-20-14(22)11-7-5-6-8-12(11)16(17,18)19/h5-8,10,13,21H,9H2,1-4H3,(H,20,22). The van der Waals surface area contributed by atoms with Crippen molar-refractivity contribution in [2.75, 3.05) is 6.54 Å². The van der Waals surface area contributed by atoms with Crippen LogP contribution in [0, 0.1) is 11.3 Å². The van der Waals surface area contributed by atoms with Gasteiger partial charge in [-0.15, -0.1) is 0 Å². The molecule has 22 heavy (non-hydrogen) atoms. The van der Waals surface area contributed by atoms with Crippen molar-refractivity contribution in [2.45, 2.75) is 40.0 Å². The lowest BCUT2D eigenvalue weighted by molar-refractivity contribution is -0.137. The van der Waals surface area contributed by atoms with Crippen LogP contribution in [-0.2, 0) is 6.18 Å². The minimum Gasteiger partial charge on any atom is -0.392 e. The number of aliphatic hydroxyl groups is 1. The van der Waals surface area contributed by atoms with Crippen LogP contribution in [0.2, 0.25) is 0 Å². The van der Waals surface area contributed by atoms with Crippen molar-refractivity contribution in [3.8, 4) is 0 Å². The molecule has 0 aromatic heterocycles. The van der Waals surface area contributed by atoms with Gasteiger partial charge in [0.15, 0.2) is 0 Å². The van der Waals surface area contributed by atoms with E-state index in [4.69, 9.17) is 0 Å². The number of hydrogen-bond acceptors (Lipinski definition) is 2. The summed E-state index contributed by atoms with van der Waals surface area (Å²) in [4.78, 5) is 12.1. The highest BCUT2D eigenvalue weighted by Crippen LogP contribution is 2.32. The van der Waals surface area contributed by atoms with E-state index in [0.717, 1.165) is 12.1 Å². The molecule has 0 spiro atoms. The summed E-state index contributed by atoms with van der Waals surface area (Å²) in [6.07, 6.45) is -5.26. The topological polar surface area (TPSA) is 49.3 Å². The van der Waals surface area contributed by atoms with Crippen LogP contribution in [-0.4, -0.2) is 23.7 Å². The van der Waals surface area contributed by atoms with Gasteiger partial charge < -0.3 is 10.4 Å². The van der Waals surface area contributed by atoms with Crippen LogP contribution in [0.25, 0.3) is 0 Å². The Kier molecular flexibility index (Phi) is 5.62. The lowest BCUT2D eigenvalue weighted by atomic mass is 9.80. The van der Waals surface area contributed by atoms with Gasteiger partial charge in [0, 0.05) is 12.0 Å². The summed E-state index contributed by atoms with van der Waals surface area (Å²) in [6.45, 7) is 7.28. The first kappa shape index (κ1) is 18.5. The Morgan fingerprint density at radius 2 is 1.77 bits per heavy atom. The van der Waals surface area contributed by atoms with Crippen molar-refractivity contribution in [3.05, 3.63) is 35.4 Å². The average Bonchev–Trinajstić information content (AvgIpc) is 2.43. The van der Waals surface area contributed by atoms with Crippen molar-refractivity contribution in [1.29, 1.82) is 0 Å². The molecule has 0 aliphatic rings. The number of nitrogens with one attached hydrogen (secondary N) is 1. The Labute approximate surface area is 128 Å². The minimum atomic E-state index is -4.58. The third-order valence-electron chi connectivity index (χ3n) is 3.61. The zero-order chi connectivity index (χ0) is 17.1. The Hall–Kier alpha value is -1.56. The van der Waals surface area contributed by atoms with E-state index in [1.54, 1.807) is 13.8 Å². The van der Waals surface area contributed by atoms with Gasteiger partial charge >= 0.3 is 6.18 Å². The van der Waals surface area contributed by atoms with E-state index < -0.39 is 34.7 Å². The Bertz CT molecular complexity index is 524. The molecular formula is C16H22F3NO2. The monoisotopic (exact) mass is 317 g/mol. The molecule has 0 radical (unpaired) electrons. The van der Waals surface area contributed by atoms with E-state index in [1.807, 2.05) is 13.8 Å². The van der Waals surface area contributed by atoms with Crippen LogP contribution >= 0.6 is 0 Å². The van der Waals surface area contributed by atoms with Crippen molar-refractivity contribution >= 4 is 5.91 Å². The Morgan fingerprint density at radius 3 is 2.27 bits per heavy atom. The summed E-state index contributed by atoms with van der Waals surface area (Å²) >= 11 is 0. The number of rotatable bonds is 5. The van der Waals surface area contributed by atoms with E-state index in [9.17, 15) is 23.1 Å². The molecule has 1 unspecified atom stereocenters. The van der Waals surface area contributed by atoms with Crippen LogP contribution in [0.15, 0.2) is 24.3 Å². The summed E-state index contributed by atoms with van der Waals surface area (Å²) in [6, 6.07) is 4.65. The fourth-order valence-electron chi connectivity index (χ4n) is 2.34. The van der Waals surface area contributed by atoms with Gasteiger partial charge in [-0.3, -0.25) is 4.79 Å². The second-order valence-corrected chi connectivity index (χ2v) is 6.40. The number of amides is 1.